The summed E-state index contributed by atoms with van der Waals surface area (Å²) < 4.78 is 24.7. The van der Waals surface area contributed by atoms with Gasteiger partial charge in [-0.3, -0.25) is 0 Å². The van der Waals surface area contributed by atoms with E-state index in [2.05, 4.69) is 18.2 Å². The van der Waals surface area contributed by atoms with Crippen LogP contribution in [0.25, 0.3) is 16.9 Å². The number of aromatic nitrogens is 2. The second kappa shape index (κ2) is 5.29. The third kappa shape index (κ3) is 2.35. The topological polar surface area (TPSA) is 78.0 Å². The molecule has 0 fully saturated rings. The van der Waals surface area contributed by atoms with Crippen LogP contribution in [0, 0.1) is 6.92 Å². The molecular weight excluding hydrogens is 322 g/mol. The van der Waals surface area contributed by atoms with Gasteiger partial charge in [-0.2, -0.15) is 5.10 Å². The first-order valence-corrected chi connectivity index (χ1v) is 9.30. The summed E-state index contributed by atoms with van der Waals surface area (Å²) in [5.41, 5.74) is 6.68. The molecule has 0 atom stereocenters. The Bertz CT molecular complexity index is 1030. The van der Waals surface area contributed by atoms with Crippen LogP contribution < -0.4 is 5.14 Å². The van der Waals surface area contributed by atoms with Gasteiger partial charge in [0, 0.05) is 16.8 Å². The lowest BCUT2D eigenvalue weighted by molar-refractivity contribution is 0.598. The summed E-state index contributed by atoms with van der Waals surface area (Å²) in [6.45, 7) is 2.05. The number of hydrogen-bond acceptors (Lipinski definition) is 3. The van der Waals surface area contributed by atoms with Gasteiger partial charge in [0.05, 0.1) is 16.3 Å². The number of sulfonamides is 1. The average Bonchev–Trinajstić information content (AvgIpc) is 2.92. The molecule has 0 bridgehead atoms. The molecule has 122 valence electrons. The Morgan fingerprint density at radius 3 is 2.46 bits per heavy atom. The molecule has 6 heteroatoms. The maximum atomic E-state index is 11.4. The molecule has 1 aromatic heterocycles. The zero-order chi connectivity index (χ0) is 16.9. The van der Waals surface area contributed by atoms with Crippen molar-refractivity contribution in [3.8, 4) is 16.9 Å². The Morgan fingerprint density at radius 2 is 1.75 bits per heavy atom. The number of nitrogens with zero attached hydrogens (tertiary/aromatic N) is 2. The van der Waals surface area contributed by atoms with Crippen LogP contribution in [0.1, 0.15) is 16.8 Å². The largest absolute Gasteiger partial charge is 0.238 e. The number of benzene rings is 2. The van der Waals surface area contributed by atoms with E-state index >= 15 is 0 Å². The van der Waals surface area contributed by atoms with Crippen molar-refractivity contribution in [2.45, 2.75) is 24.7 Å². The standard InChI is InChI=1S/C18H17N3O2S/c1-12-16-11-6-13-4-2-3-5-17(13)18(16)20-21(12)14-7-9-15(10-8-14)24(19,22)23/h2-5,7-10H,6,11H2,1H3,(H2,19,22,23). The van der Waals surface area contributed by atoms with E-state index < -0.39 is 10.0 Å². The molecule has 0 amide bonds. The first kappa shape index (κ1) is 15.1. The molecule has 1 heterocycles. The summed E-state index contributed by atoms with van der Waals surface area (Å²) in [5, 5.41) is 9.95. The summed E-state index contributed by atoms with van der Waals surface area (Å²) in [4.78, 5) is 0.103. The maximum absolute atomic E-state index is 11.4. The molecule has 0 spiro atoms. The van der Waals surface area contributed by atoms with Crippen molar-refractivity contribution in [3.05, 3.63) is 65.4 Å². The van der Waals surface area contributed by atoms with Crippen molar-refractivity contribution < 1.29 is 8.42 Å². The lowest BCUT2D eigenvalue weighted by atomic mass is 9.89. The number of aryl methyl sites for hydroxylation is 1. The van der Waals surface area contributed by atoms with Crippen molar-refractivity contribution in [2.24, 2.45) is 5.14 Å². The van der Waals surface area contributed by atoms with Crippen LogP contribution in [0.15, 0.2) is 53.4 Å². The lowest BCUT2D eigenvalue weighted by Crippen LogP contribution is -2.12. The Labute approximate surface area is 140 Å². The molecule has 1 aliphatic rings. The fraction of sp³-hybridized carbons (Fsp3) is 0.167. The molecule has 5 nitrogen and oxygen atoms in total. The number of fused-ring (bicyclic) bond motifs is 3. The minimum atomic E-state index is -3.68. The quantitative estimate of drug-likeness (QED) is 0.779. The van der Waals surface area contributed by atoms with Gasteiger partial charge >= 0.3 is 0 Å². The molecular formula is C18H17N3O2S. The van der Waals surface area contributed by atoms with E-state index in [1.54, 1.807) is 12.1 Å². The van der Waals surface area contributed by atoms with Crippen LogP contribution in [0.3, 0.4) is 0 Å². The van der Waals surface area contributed by atoms with E-state index in [-0.39, 0.29) is 4.90 Å². The highest BCUT2D eigenvalue weighted by Crippen LogP contribution is 2.35. The second-order valence-electron chi connectivity index (χ2n) is 6.02. The van der Waals surface area contributed by atoms with Crippen LogP contribution in [-0.2, 0) is 22.9 Å². The third-order valence-electron chi connectivity index (χ3n) is 4.57. The van der Waals surface area contributed by atoms with E-state index in [0.29, 0.717) is 0 Å². The summed E-state index contributed by atoms with van der Waals surface area (Å²) in [7, 11) is -3.68. The zero-order valence-electron chi connectivity index (χ0n) is 13.2. The molecule has 3 aromatic rings. The van der Waals surface area contributed by atoms with Crippen molar-refractivity contribution >= 4 is 10.0 Å². The normalized spacial score (nSPS) is 13.4. The van der Waals surface area contributed by atoms with E-state index in [1.165, 1.54) is 28.8 Å². The average molecular weight is 339 g/mol. The first-order chi connectivity index (χ1) is 11.4. The molecule has 0 saturated heterocycles. The molecule has 0 aliphatic heterocycles. The molecule has 2 N–H and O–H groups in total. The summed E-state index contributed by atoms with van der Waals surface area (Å²) in [5.74, 6) is 0. The number of hydrogen-bond donors (Lipinski definition) is 1. The Morgan fingerprint density at radius 1 is 1.04 bits per heavy atom. The van der Waals surface area contributed by atoms with Crippen molar-refractivity contribution in [2.75, 3.05) is 0 Å². The second-order valence-corrected chi connectivity index (χ2v) is 7.58. The van der Waals surface area contributed by atoms with Crippen LogP contribution in [0.2, 0.25) is 0 Å². The smallest absolute Gasteiger partial charge is 0.237 e. The lowest BCUT2D eigenvalue weighted by Gasteiger charge is -2.14. The highest BCUT2D eigenvalue weighted by Gasteiger charge is 2.23. The minimum absolute atomic E-state index is 0.103. The van der Waals surface area contributed by atoms with Gasteiger partial charge in [-0.25, -0.2) is 18.2 Å². The van der Waals surface area contributed by atoms with Crippen LogP contribution in [-0.4, -0.2) is 18.2 Å². The third-order valence-corrected chi connectivity index (χ3v) is 5.50. The van der Waals surface area contributed by atoms with Gasteiger partial charge in [0.15, 0.2) is 0 Å². The van der Waals surface area contributed by atoms with Crippen LogP contribution >= 0.6 is 0 Å². The number of nitrogens with two attached hydrogens (primary N) is 1. The van der Waals surface area contributed by atoms with Gasteiger partial charge < -0.3 is 0 Å². The predicted octanol–water partition coefficient (Wildman–Crippen LogP) is 2.59. The van der Waals surface area contributed by atoms with Crippen LogP contribution in [0.4, 0.5) is 0 Å². The Balaban J connectivity index is 1.83. The van der Waals surface area contributed by atoms with Gasteiger partial charge in [0.25, 0.3) is 0 Å². The van der Waals surface area contributed by atoms with E-state index in [0.717, 1.165) is 29.9 Å². The number of primary sulfonamides is 1. The van der Waals surface area contributed by atoms with Gasteiger partial charge in [0.1, 0.15) is 0 Å². The number of rotatable bonds is 2. The van der Waals surface area contributed by atoms with Gasteiger partial charge in [-0.1, -0.05) is 24.3 Å². The molecule has 0 unspecified atom stereocenters. The van der Waals surface area contributed by atoms with Gasteiger partial charge in [-0.15, -0.1) is 0 Å². The molecule has 0 radical (unpaired) electrons. The monoisotopic (exact) mass is 339 g/mol. The van der Waals surface area contributed by atoms with E-state index in [4.69, 9.17) is 10.2 Å². The molecule has 1 aliphatic carbocycles. The molecule has 0 saturated carbocycles. The Kier molecular flexibility index (Phi) is 3.33. The first-order valence-electron chi connectivity index (χ1n) is 7.75. The molecule has 4 rings (SSSR count). The summed E-state index contributed by atoms with van der Waals surface area (Å²) in [6, 6.07) is 14.8. The van der Waals surface area contributed by atoms with Crippen molar-refractivity contribution in [3.63, 3.8) is 0 Å². The fourth-order valence-corrected chi connectivity index (χ4v) is 3.82. The highest BCUT2D eigenvalue weighted by atomic mass is 32.2. The summed E-state index contributed by atoms with van der Waals surface area (Å²) in [6.07, 6.45) is 1.98. The van der Waals surface area contributed by atoms with Gasteiger partial charge in [0.2, 0.25) is 10.0 Å². The van der Waals surface area contributed by atoms with E-state index in [9.17, 15) is 8.42 Å². The van der Waals surface area contributed by atoms with E-state index in [1.807, 2.05) is 17.7 Å². The van der Waals surface area contributed by atoms with Crippen molar-refractivity contribution in [1.82, 2.24) is 9.78 Å². The van der Waals surface area contributed by atoms with Crippen LogP contribution in [0.5, 0.6) is 0 Å². The molecule has 24 heavy (non-hydrogen) atoms. The highest BCUT2D eigenvalue weighted by molar-refractivity contribution is 7.89. The Hall–Kier alpha value is -2.44. The predicted molar refractivity (Wildman–Crippen MR) is 92.5 cm³/mol. The zero-order valence-corrected chi connectivity index (χ0v) is 14.0. The summed E-state index contributed by atoms with van der Waals surface area (Å²) >= 11 is 0. The maximum Gasteiger partial charge on any atom is 0.238 e. The SMILES string of the molecule is Cc1c2c(nn1-c1ccc(S(N)(=O)=O)cc1)-c1ccccc1CC2. The van der Waals surface area contributed by atoms with Gasteiger partial charge in [-0.05, 0) is 49.6 Å². The van der Waals surface area contributed by atoms with Crippen molar-refractivity contribution in [1.29, 1.82) is 0 Å². The minimum Gasteiger partial charge on any atom is -0.237 e. The molecule has 2 aromatic carbocycles. The fourth-order valence-electron chi connectivity index (χ4n) is 3.31.